The van der Waals surface area contributed by atoms with Crippen LogP contribution in [0.25, 0.3) is 0 Å². The Morgan fingerprint density at radius 3 is 3.00 bits per heavy atom. The Morgan fingerprint density at radius 1 is 1.52 bits per heavy atom. The van der Waals surface area contributed by atoms with Crippen molar-refractivity contribution in [3.05, 3.63) is 21.9 Å². The zero-order valence-corrected chi connectivity index (χ0v) is 12.0. The van der Waals surface area contributed by atoms with Crippen LogP contribution in [0.4, 0.5) is 4.39 Å². The first-order valence-corrected chi connectivity index (χ1v) is 6.98. The molecule has 0 bridgehead atoms. The molecule has 0 aliphatic heterocycles. The smallest absolute Gasteiger partial charge is 0.273 e. The monoisotopic (exact) mass is 312 g/mol. The van der Waals surface area contributed by atoms with E-state index in [9.17, 15) is 14.0 Å². The van der Waals surface area contributed by atoms with E-state index >= 15 is 0 Å². The molecule has 8 nitrogen and oxygen atoms in total. The molecule has 2 aromatic heterocycles. The van der Waals surface area contributed by atoms with E-state index in [0.29, 0.717) is 17.7 Å². The second-order valence-corrected chi connectivity index (χ2v) is 5.29. The summed E-state index contributed by atoms with van der Waals surface area (Å²) in [5.41, 5.74) is 0.143. The molecule has 0 aliphatic carbocycles. The van der Waals surface area contributed by atoms with Crippen molar-refractivity contribution in [2.75, 3.05) is 7.05 Å². The fourth-order valence-electron chi connectivity index (χ4n) is 1.61. The molecule has 1 atom stereocenters. The number of rotatable bonds is 7. The third-order valence-corrected chi connectivity index (χ3v) is 3.55. The normalized spacial score (nSPS) is 12.1. The average Bonchev–Trinajstić information content (AvgIpc) is 3.13. The van der Waals surface area contributed by atoms with Crippen molar-refractivity contribution in [1.29, 1.82) is 0 Å². The van der Waals surface area contributed by atoms with Gasteiger partial charge in [0.2, 0.25) is 0 Å². The highest BCUT2D eigenvalue weighted by Gasteiger charge is 2.14. The minimum absolute atomic E-state index is 0.00331. The van der Waals surface area contributed by atoms with E-state index < -0.39 is 6.17 Å². The number of carbonyl (C=O) groups is 2. The molecule has 1 unspecified atom stereocenters. The van der Waals surface area contributed by atoms with Gasteiger partial charge in [-0.1, -0.05) is 16.6 Å². The van der Waals surface area contributed by atoms with Crippen molar-refractivity contribution in [1.82, 2.24) is 30.5 Å². The number of hydrogen-bond acceptors (Lipinski definition) is 7. The van der Waals surface area contributed by atoms with E-state index in [-0.39, 0.29) is 29.6 Å². The highest BCUT2D eigenvalue weighted by molar-refractivity contribution is 7.12. The molecule has 0 fully saturated rings. The lowest BCUT2D eigenvalue weighted by Gasteiger charge is -2.05. The summed E-state index contributed by atoms with van der Waals surface area (Å²) in [6, 6.07) is 0. The number of nitrogens with zero attached hydrogens (tertiary/aromatic N) is 5. The summed E-state index contributed by atoms with van der Waals surface area (Å²) in [5, 5.41) is 18.1. The van der Waals surface area contributed by atoms with Crippen molar-refractivity contribution in [2.24, 2.45) is 0 Å². The Kier molecular flexibility index (Phi) is 5.04. The Labute approximate surface area is 123 Å². The van der Waals surface area contributed by atoms with Crippen LogP contribution in [0.15, 0.2) is 6.20 Å². The number of aromatic nitrogens is 5. The first kappa shape index (κ1) is 15.2. The minimum Gasteiger partial charge on any atom is -0.354 e. The molecule has 0 radical (unpaired) electrons. The lowest BCUT2D eigenvalue weighted by Crippen LogP contribution is -2.18. The first-order valence-electron chi connectivity index (χ1n) is 6.16. The van der Waals surface area contributed by atoms with Gasteiger partial charge in [0.1, 0.15) is 11.2 Å². The molecule has 112 valence electrons. The SMILES string of the molecule is CNC(=O)c1cn(CC(F)CCc2nnc(C=O)s2)nn1. The maximum absolute atomic E-state index is 13.9. The van der Waals surface area contributed by atoms with Crippen molar-refractivity contribution in [3.8, 4) is 0 Å². The van der Waals surface area contributed by atoms with Crippen molar-refractivity contribution in [2.45, 2.75) is 25.6 Å². The van der Waals surface area contributed by atoms with Gasteiger partial charge in [0, 0.05) is 13.5 Å². The highest BCUT2D eigenvalue weighted by Crippen LogP contribution is 2.13. The van der Waals surface area contributed by atoms with Gasteiger partial charge in [0.15, 0.2) is 17.0 Å². The summed E-state index contributed by atoms with van der Waals surface area (Å²) in [7, 11) is 1.48. The summed E-state index contributed by atoms with van der Waals surface area (Å²) in [6.07, 6.45) is 1.46. The van der Waals surface area contributed by atoms with Crippen LogP contribution in [0, 0.1) is 0 Å². The number of aldehydes is 1. The Bertz CT molecular complexity index is 628. The molecule has 0 saturated heterocycles. The molecular weight excluding hydrogens is 299 g/mol. The van der Waals surface area contributed by atoms with Gasteiger partial charge < -0.3 is 5.32 Å². The molecule has 2 aromatic rings. The quantitative estimate of drug-likeness (QED) is 0.736. The Morgan fingerprint density at radius 2 is 2.33 bits per heavy atom. The third-order valence-electron chi connectivity index (χ3n) is 2.64. The maximum atomic E-state index is 13.9. The van der Waals surface area contributed by atoms with Gasteiger partial charge in [0.25, 0.3) is 5.91 Å². The van der Waals surface area contributed by atoms with Crippen LogP contribution < -0.4 is 5.32 Å². The Hall–Kier alpha value is -2.23. The number of hydrogen-bond donors (Lipinski definition) is 1. The van der Waals surface area contributed by atoms with Gasteiger partial charge in [-0.3, -0.25) is 9.59 Å². The molecule has 10 heteroatoms. The third kappa shape index (κ3) is 4.12. The number of nitrogens with one attached hydrogen (secondary N) is 1. The molecule has 2 rings (SSSR count). The number of alkyl halides is 1. The largest absolute Gasteiger partial charge is 0.354 e. The first-order chi connectivity index (χ1) is 10.1. The fourth-order valence-corrected chi connectivity index (χ4v) is 2.28. The molecule has 0 aliphatic rings. The highest BCUT2D eigenvalue weighted by atomic mass is 32.1. The number of carbonyl (C=O) groups excluding carboxylic acids is 2. The van der Waals surface area contributed by atoms with Crippen LogP contribution in [0.5, 0.6) is 0 Å². The minimum atomic E-state index is -1.16. The van der Waals surface area contributed by atoms with Crippen LogP contribution in [0.1, 0.15) is 31.7 Å². The second-order valence-electron chi connectivity index (χ2n) is 4.19. The zero-order chi connectivity index (χ0) is 15.2. The number of amides is 1. The van der Waals surface area contributed by atoms with Gasteiger partial charge in [-0.15, -0.1) is 15.3 Å². The number of aryl methyl sites for hydroxylation is 1. The summed E-state index contributed by atoms with van der Waals surface area (Å²) < 4.78 is 15.1. The summed E-state index contributed by atoms with van der Waals surface area (Å²) in [6.45, 7) is 0.00331. The van der Waals surface area contributed by atoms with Gasteiger partial charge >= 0.3 is 0 Å². The van der Waals surface area contributed by atoms with E-state index in [1.165, 1.54) is 17.9 Å². The molecule has 21 heavy (non-hydrogen) atoms. The van der Waals surface area contributed by atoms with Gasteiger partial charge in [-0.25, -0.2) is 9.07 Å². The predicted octanol–water partition coefficient (Wildman–Crippen LogP) is 0.273. The summed E-state index contributed by atoms with van der Waals surface area (Å²) >= 11 is 1.15. The van der Waals surface area contributed by atoms with Crippen LogP contribution in [0.3, 0.4) is 0 Å². The van der Waals surface area contributed by atoms with Gasteiger partial charge in [-0.2, -0.15) is 0 Å². The van der Waals surface area contributed by atoms with Crippen LogP contribution in [-0.2, 0) is 13.0 Å². The van der Waals surface area contributed by atoms with E-state index in [4.69, 9.17) is 0 Å². The Balaban J connectivity index is 1.83. The van der Waals surface area contributed by atoms with Crippen LogP contribution in [-0.4, -0.2) is 50.6 Å². The van der Waals surface area contributed by atoms with Gasteiger partial charge in [0.05, 0.1) is 12.7 Å². The van der Waals surface area contributed by atoms with E-state index in [0.717, 1.165) is 11.3 Å². The lowest BCUT2D eigenvalue weighted by molar-refractivity contribution is 0.0957. The fraction of sp³-hybridized carbons (Fsp3) is 0.455. The van der Waals surface area contributed by atoms with Crippen molar-refractivity contribution >= 4 is 23.5 Å². The molecule has 2 heterocycles. The van der Waals surface area contributed by atoms with Gasteiger partial charge in [-0.05, 0) is 6.42 Å². The lowest BCUT2D eigenvalue weighted by atomic mass is 10.2. The predicted molar refractivity (Wildman–Crippen MR) is 71.9 cm³/mol. The summed E-state index contributed by atoms with van der Waals surface area (Å²) in [4.78, 5) is 21.8. The molecule has 0 spiro atoms. The van der Waals surface area contributed by atoms with Crippen molar-refractivity contribution in [3.63, 3.8) is 0 Å². The molecule has 0 saturated carbocycles. The van der Waals surface area contributed by atoms with Crippen molar-refractivity contribution < 1.29 is 14.0 Å². The molecule has 1 N–H and O–H groups in total. The number of halogens is 1. The topological polar surface area (TPSA) is 103 Å². The molecular formula is C11H13FN6O2S. The molecule has 0 aromatic carbocycles. The van der Waals surface area contributed by atoms with E-state index in [1.54, 1.807) is 0 Å². The maximum Gasteiger partial charge on any atom is 0.273 e. The standard InChI is InChI=1S/C11H13FN6O2S/c1-13-11(20)8-5-18(17-14-8)4-7(12)2-3-9-15-16-10(6-19)21-9/h5-7H,2-4H2,1H3,(H,13,20). The van der Waals surface area contributed by atoms with Crippen LogP contribution >= 0.6 is 11.3 Å². The second kappa shape index (κ2) is 6.97. The average molecular weight is 312 g/mol. The van der Waals surface area contributed by atoms with Crippen LogP contribution in [0.2, 0.25) is 0 Å². The van der Waals surface area contributed by atoms with E-state index in [1.807, 2.05) is 0 Å². The zero-order valence-electron chi connectivity index (χ0n) is 11.2. The van der Waals surface area contributed by atoms with E-state index in [2.05, 4.69) is 25.8 Å². The molecule has 1 amide bonds. The summed E-state index contributed by atoms with van der Waals surface area (Å²) in [5.74, 6) is -0.369.